The first-order chi connectivity index (χ1) is 10.9. The van der Waals surface area contributed by atoms with Gasteiger partial charge in [-0.1, -0.05) is 45.5 Å². The van der Waals surface area contributed by atoms with Gasteiger partial charge < -0.3 is 14.8 Å². The number of rotatable bonds is 6. The van der Waals surface area contributed by atoms with Gasteiger partial charge in [-0.3, -0.25) is 0 Å². The third kappa shape index (κ3) is 5.06. The van der Waals surface area contributed by atoms with Gasteiger partial charge in [0.2, 0.25) is 0 Å². The normalized spacial score (nSPS) is 11.0. The summed E-state index contributed by atoms with van der Waals surface area (Å²) in [5.74, 6) is 1.65. The summed E-state index contributed by atoms with van der Waals surface area (Å²) in [6, 6.07) is 15.9. The summed E-state index contributed by atoms with van der Waals surface area (Å²) in [4.78, 5) is 0. The molecule has 0 radical (unpaired) electrons. The molecule has 0 aromatic heterocycles. The Bertz CT molecular complexity index is 654. The molecule has 2 rings (SSSR count). The first-order valence-corrected chi connectivity index (χ1v) is 7.71. The predicted molar refractivity (Wildman–Crippen MR) is 96.4 cm³/mol. The van der Waals surface area contributed by atoms with Crippen LogP contribution in [-0.4, -0.2) is 13.7 Å². The molecule has 3 nitrogen and oxygen atoms in total. The molecule has 0 heterocycles. The minimum Gasteiger partial charge on any atom is -0.497 e. The standard InChI is InChI=1S/C20H25NO2/c1-15(21-17-7-6-8-19(13-17)22-5)14-23-18-11-9-16(10-12-18)20(2,3)4/h6-13,21H,1,14H2,2-5H3. The summed E-state index contributed by atoms with van der Waals surface area (Å²) in [7, 11) is 1.65. The van der Waals surface area contributed by atoms with Gasteiger partial charge in [0.15, 0.2) is 0 Å². The van der Waals surface area contributed by atoms with Crippen LogP contribution >= 0.6 is 0 Å². The second-order valence-corrected chi connectivity index (χ2v) is 6.52. The molecule has 0 saturated carbocycles. The molecular formula is C20H25NO2. The fourth-order valence-corrected chi connectivity index (χ4v) is 2.16. The monoisotopic (exact) mass is 311 g/mol. The number of ether oxygens (including phenoxy) is 2. The summed E-state index contributed by atoms with van der Waals surface area (Å²) in [6.45, 7) is 11.0. The lowest BCUT2D eigenvalue weighted by Gasteiger charge is -2.19. The summed E-state index contributed by atoms with van der Waals surface area (Å²) >= 11 is 0. The van der Waals surface area contributed by atoms with Crippen molar-refractivity contribution in [1.29, 1.82) is 0 Å². The van der Waals surface area contributed by atoms with E-state index in [2.05, 4.69) is 44.8 Å². The highest BCUT2D eigenvalue weighted by Gasteiger charge is 2.12. The molecule has 0 aliphatic carbocycles. The van der Waals surface area contributed by atoms with Crippen molar-refractivity contribution in [2.45, 2.75) is 26.2 Å². The van der Waals surface area contributed by atoms with Gasteiger partial charge in [-0.05, 0) is 35.2 Å². The van der Waals surface area contributed by atoms with E-state index in [1.807, 2.05) is 36.4 Å². The van der Waals surface area contributed by atoms with Crippen LogP contribution in [0.4, 0.5) is 5.69 Å². The van der Waals surface area contributed by atoms with Crippen LogP contribution in [0.15, 0.2) is 60.8 Å². The topological polar surface area (TPSA) is 30.5 Å². The van der Waals surface area contributed by atoms with Crippen LogP contribution in [0, 0.1) is 0 Å². The fourth-order valence-electron chi connectivity index (χ4n) is 2.16. The molecule has 0 fully saturated rings. The van der Waals surface area contributed by atoms with Gasteiger partial charge in [0.1, 0.15) is 18.1 Å². The summed E-state index contributed by atoms with van der Waals surface area (Å²) in [6.07, 6.45) is 0. The van der Waals surface area contributed by atoms with Crippen molar-refractivity contribution in [2.24, 2.45) is 0 Å². The van der Waals surface area contributed by atoms with Gasteiger partial charge in [0.25, 0.3) is 0 Å². The van der Waals surface area contributed by atoms with Crippen molar-refractivity contribution < 1.29 is 9.47 Å². The van der Waals surface area contributed by atoms with E-state index in [-0.39, 0.29) is 5.41 Å². The van der Waals surface area contributed by atoms with E-state index in [4.69, 9.17) is 9.47 Å². The van der Waals surface area contributed by atoms with E-state index in [9.17, 15) is 0 Å². The molecule has 0 bridgehead atoms. The highest BCUT2D eigenvalue weighted by atomic mass is 16.5. The Kier molecular flexibility index (Phi) is 5.32. The molecule has 0 unspecified atom stereocenters. The average Bonchev–Trinajstić information content (AvgIpc) is 2.52. The van der Waals surface area contributed by atoms with Gasteiger partial charge in [-0.15, -0.1) is 0 Å². The van der Waals surface area contributed by atoms with E-state index in [0.717, 1.165) is 22.9 Å². The SMILES string of the molecule is C=C(COc1ccc(C(C)(C)C)cc1)Nc1cccc(OC)c1. The number of benzene rings is 2. The Morgan fingerprint density at radius 3 is 2.35 bits per heavy atom. The van der Waals surface area contributed by atoms with E-state index in [0.29, 0.717) is 6.61 Å². The number of methoxy groups -OCH3 is 1. The van der Waals surface area contributed by atoms with Crippen molar-refractivity contribution in [3.05, 3.63) is 66.4 Å². The zero-order chi connectivity index (χ0) is 16.9. The molecular weight excluding hydrogens is 286 g/mol. The van der Waals surface area contributed by atoms with Crippen molar-refractivity contribution in [3.8, 4) is 11.5 Å². The van der Waals surface area contributed by atoms with E-state index >= 15 is 0 Å². The Morgan fingerprint density at radius 1 is 1.04 bits per heavy atom. The molecule has 0 amide bonds. The average molecular weight is 311 g/mol. The number of nitrogens with one attached hydrogen (secondary N) is 1. The van der Waals surface area contributed by atoms with E-state index in [1.165, 1.54) is 5.56 Å². The van der Waals surface area contributed by atoms with Gasteiger partial charge in [-0.2, -0.15) is 0 Å². The minimum atomic E-state index is 0.149. The summed E-state index contributed by atoms with van der Waals surface area (Å²) in [5.41, 5.74) is 3.16. The third-order valence-corrected chi connectivity index (χ3v) is 3.52. The highest BCUT2D eigenvalue weighted by molar-refractivity contribution is 5.51. The van der Waals surface area contributed by atoms with Crippen molar-refractivity contribution in [2.75, 3.05) is 19.0 Å². The van der Waals surface area contributed by atoms with Gasteiger partial charge in [0, 0.05) is 17.5 Å². The van der Waals surface area contributed by atoms with E-state index in [1.54, 1.807) is 7.11 Å². The maximum absolute atomic E-state index is 5.77. The lowest BCUT2D eigenvalue weighted by atomic mass is 9.87. The zero-order valence-corrected chi connectivity index (χ0v) is 14.3. The first-order valence-electron chi connectivity index (χ1n) is 7.71. The zero-order valence-electron chi connectivity index (χ0n) is 14.3. The van der Waals surface area contributed by atoms with Crippen LogP contribution in [0.5, 0.6) is 11.5 Å². The Balaban J connectivity index is 1.89. The van der Waals surface area contributed by atoms with Crippen LogP contribution in [0.1, 0.15) is 26.3 Å². The van der Waals surface area contributed by atoms with Gasteiger partial charge >= 0.3 is 0 Å². The maximum atomic E-state index is 5.77. The molecule has 0 saturated heterocycles. The lowest BCUT2D eigenvalue weighted by molar-refractivity contribution is 0.353. The molecule has 0 atom stereocenters. The van der Waals surface area contributed by atoms with Crippen molar-refractivity contribution >= 4 is 5.69 Å². The molecule has 122 valence electrons. The van der Waals surface area contributed by atoms with Crippen LogP contribution in [0.25, 0.3) is 0 Å². The minimum absolute atomic E-state index is 0.149. The number of anilines is 1. The van der Waals surface area contributed by atoms with Crippen LogP contribution in [-0.2, 0) is 5.41 Å². The Labute approximate surface area is 138 Å². The second-order valence-electron chi connectivity index (χ2n) is 6.52. The maximum Gasteiger partial charge on any atom is 0.127 e. The highest BCUT2D eigenvalue weighted by Crippen LogP contribution is 2.24. The molecule has 2 aromatic rings. The van der Waals surface area contributed by atoms with Gasteiger partial charge in [0.05, 0.1) is 7.11 Å². The van der Waals surface area contributed by atoms with Crippen LogP contribution in [0.3, 0.4) is 0 Å². The molecule has 1 N–H and O–H groups in total. The van der Waals surface area contributed by atoms with Crippen LogP contribution in [0.2, 0.25) is 0 Å². The largest absolute Gasteiger partial charge is 0.497 e. The first kappa shape index (κ1) is 16.9. The summed E-state index contributed by atoms with van der Waals surface area (Å²) < 4.78 is 11.0. The van der Waals surface area contributed by atoms with Gasteiger partial charge in [-0.25, -0.2) is 0 Å². The molecule has 0 aliphatic rings. The summed E-state index contributed by atoms with van der Waals surface area (Å²) in [5, 5.41) is 3.22. The van der Waals surface area contributed by atoms with Crippen molar-refractivity contribution in [1.82, 2.24) is 0 Å². The number of hydrogen-bond acceptors (Lipinski definition) is 3. The second kappa shape index (κ2) is 7.23. The van der Waals surface area contributed by atoms with Crippen molar-refractivity contribution in [3.63, 3.8) is 0 Å². The Morgan fingerprint density at radius 2 is 1.74 bits per heavy atom. The molecule has 23 heavy (non-hydrogen) atoms. The smallest absolute Gasteiger partial charge is 0.127 e. The molecule has 2 aromatic carbocycles. The number of hydrogen-bond donors (Lipinski definition) is 1. The predicted octanol–water partition coefficient (Wildman–Crippen LogP) is 5.00. The third-order valence-electron chi connectivity index (χ3n) is 3.52. The lowest BCUT2D eigenvalue weighted by Crippen LogP contribution is -2.11. The Hall–Kier alpha value is -2.42. The van der Waals surface area contributed by atoms with E-state index < -0.39 is 0 Å². The van der Waals surface area contributed by atoms with Crippen LogP contribution < -0.4 is 14.8 Å². The molecule has 0 spiro atoms. The molecule has 0 aliphatic heterocycles. The molecule has 3 heteroatoms. The fraction of sp³-hybridized carbons (Fsp3) is 0.300. The quantitative estimate of drug-likeness (QED) is 0.814.